The second-order valence-corrected chi connectivity index (χ2v) is 3.38. The van der Waals surface area contributed by atoms with Gasteiger partial charge in [0.25, 0.3) is 0 Å². The maximum atomic E-state index is 5.86. The van der Waals surface area contributed by atoms with E-state index in [0.29, 0.717) is 15.8 Å². The average Bonchev–Trinajstić information content (AvgIpc) is 2.08. The van der Waals surface area contributed by atoms with Crippen molar-refractivity contribution in [2.24, 2.45) is 0 Å². The smallest absolute Gasteiger partial charge is 0.193 e. The summed E-state index contributed by atoms with van der Waals surface area (Å²) in [5.41, 5.74) is 0.718. The van der Waals surface area contributed by atoms with Crippen LogP contribution in [-0.2, 0) is 0 Å². The molecule has 1 aromatic rings. The number of benzene rings is 1. The second-order valence-electron chi connectivity index (χ2n) is 2.60. The zero-order valence-corrected chi connectivity index (χ0v) is 8.78. The Labute approximate surface area is 88.0 Å². The molecule has 0 aliphatic rings. The molecule has 1 aromatic carbocycles. The zero-order valence-electron chi connectivity index (χ0n) is 7.21. The summed E-state index contributed by atoms with van der Waals surface area (Å²) < 4.78 is 5.31. The van der Waals surface area contributed by atoms with Gasteiger partial charge in [-0.2, -0.15) is 0 Å². The van der Waals surface area contributed by atoms with Crippen LogP contribution in [0.1, 0.15) is 6.92 Å². The van der Waals surface area contributed by atoms with Crippen LogP contribution in [0.15, 0.2) is 36.4 Å². The number of hydrogen-bond acceptors (Lipinski definition) is 2. The van der Waals surface area contributed by atoms with E-state index in [1.165, 1.54) is 0 Å². The molecule has 0 fully saturated rings. The van der Waals surface area contributed by atoms with E-state index in [2.05, 4.69) is 6.58 Å². The molecule has 0 saturated carbocycles. The molecular formula is C10H9ClOS. The van der Waals surface area contributed by atoms with Gasteiger partial charge in [-0.3, -0.25) is 0 Å². The lowest BCUT2D eigenvalue weighted by Gasteiger charge is -2.07. The third-order valence-corrected chi connectivity index (χ3v) is 2.13. The minimum atomic E-state index is 0.369. The van der Waals surface area contributed by atoms with Gasteiger partial charge in [0.15, 0.2) is 5.05 Å². The molecule has 0 aliphatic carbocycles. The normalized spacial score (nSPS) is 9.38. The van der Waals surface area contributed by atoms with E-state index in [-0.39, 0.29) is 0 Å². The monoisotopic (exact) mass is 212 g/mol. The van der Waals surface area contributed by atoms with Gasteiger partial charge in [0.2, 0.25) is 0 Å². The highest BCUT2D eigenvalue weighted by molar-refractivity contribution is 7.80. The Bertz CT molecular complexity index is 347. The number of thiocarbonyl (C=S) groups is 1. The fourth-order valence-electron chi connectivity index (χ4n) is 0.714. The first-order valence-electron chi connectivity index (χ1n) is 3.73. The van der Waals surface area contributed by atoms with Crippen molar-refractivity contribution >= 4 is 28.9 Å². The quantitative estimate of drug-likeness (QED) is 0.547. The molecule has 0 heterocycles. The Balaban J connectivity index is 2.81. The molecule has 0 spiro atoms. The van der Waals surface area contributed by atoms with Crippen LogP contribution in [0, 0.1) is 0 Å². The zero-order chi connectivity index (χ0) is 9.84. The third kappa shape index (κ3) is 2.83. The fourth-order valence-corrected chi connectivity index (χ4v) is 0.979. The van der Waals surface area contributed by atoms with Crippen LogP contribution in [0.25, 0.3) is 0 Å². The first-order valence-corrected chi connectivity index (χ1v) is 4.52. The fraction of sp³-hybridized carbons (Fsp3) is 0.100. The van der Waals surface area contributed by atoms with Crippen molar-refractivity contribution in [1.29, 1.82) is 0 Å². The molecule has 1 rings (SSSR count). The molecule has 68 valence electrons. The lowest BCUT2D eigenvalue weighted by Crippen LogP contribution is -2.05. The largest absolute Gasteiger partial charge is 0.444 e. The molecule has 0 amide bonds. The number of halogens is 1. The van der Waals surface area contributed by atoms with E-state index in [0.717, 1.165) is 5.57 Å². The minimum absolute atomic E-state index is 0.369. The maximum absolute atomic E-state index is 5.86. The van der Waals surface area contributed by atoms with E-state index in [4.69, 9.17) is 28.6 Å². The van der Waals surface area contributed by atoms with Crippen LogP contribution < -0.4 is 4.74 Å². The predicted octanol–water partition coefficient (Wildman–Crippen LogP) is 3.62. The molecular weight excluding hydrogens is 204 g/mol. The molecule has 13 heavy (non-hydrogen) atoms. The van der Waals surface area contributed by atoms with Crippen molar-refractivity contribution in [3.05, 3.63) is 41.4 Å². The summed E-state index contributed by atoms with van der Waals surface area (Å²) in [6.07, 6.45) is 0. The van der Waals surface area contributed by atoms with Gasteiger partial charge >= 0.3 is 0 Å². The van der Waals surface area contributed by atoms with Gasteiger partial charge in [-0.25, -0.2) is 0 Å². The van der Waals surface area contributed by atoms with Gasteiger partial charge in [-0.15, -0.1) is 0 Å². The van der Waals surface area contributed by atoms with E-state index >= 15 is 0 Å². The van der Waals surface area contributed by atoms with Crippen LogP contribution >= 0.6 is 23.8 Å². The molecule has 0 bridgehead atoms. The van der Waals surface area contributed by atoms with E-state index in [1.54, 1.807) is 19.1 Å². The van der Waals surface area contributed by atoms with E-state index in [1.807, 2.05) is 12.1 Å². The number of ether oxygens (including phenoxy) is 1. The molecule has 0 aliphatic heterocycles. The summed E-state index contributed by atoms with van der Waals surface area (Å²) >= 11 is 10.8. The highest BCUT2D eigenvalue weighted by Gasteiger charge is 2.03. The lowest BCUT2D eigenvalue weighted by molar-refractivity contribution is 0.565. The van der Waals surface area contributed by atoms with Crippen LogP contribution in [0.4, 0.5) is 0 Å². The Morgan fingerprint density at radius 3 is 2.62 bits per heavy atom. The van der Waals surface area contributed by atoms with E-state index in [9.17, 15) is 0 Å². The molecule has 1 nitrogen and oxygen atoms in total. The highest BCUT2D eigenvalue weighted by atomic mass is 35.5. The van der Waals surface area contributed by atoms with Gasteiger partial charge in [-0.05, 0) is 36.8 Å². The molecule has 0 radical (unpaired) electrons. The predicted molar refractivity (Wildman–Crippen MR) is 59.5 cm³/mol. The van der Waals surface area contributed by atoms with Crippen LogP contribution in [-0.4, -0.2) is 5.05 Å². The van der Waals surface area contributed by atoms with Gasteiger partial charge < -0.3 is 4.74 Å². The summed E-state index contributed by atoms with van der Waals surface area (Å²) in [7, 11) is 0. The van der Waals surface area contributed by atoms with Crippen LogP contribution in [0.5, 0.6) is 5.75 Å². The summed E-state index contributed by atoms with van der Waals surface area (Å²) in [5.74, 6) is 0.567. The summed E-state index contributed by atoms with van der Waals surface area (Å²) in [4.78, 5) is 0. The van der Waals surface area contributed by atoms with Crippen LogP contribution in [0.3, 0.4) is 0 Å². The van der Waals surface area contributed by atoms with Gasteiger partial charge in [0.1, 0.15) is 5.75 Å². The minimum Gasteiger partial charge on any atom is -0.444 e. The van der Waals surface area contributed by atoms with Gasteiger partial charge in [0.05, 0.1) is 5.02 Å². The number of rotatable bonds is 2. The van der Waals surface area contributed by atoms with E-state index < -0.39 is 0 Å². The van der Waals surface area contributed by atoms with Gasteiger partial charge in [0, 0.05) is 0 Å². The van der Waals surface area contributed by atoms with Crippen LogP contribution in [0.2, 0.25) is 5.02 Å². The van der Waals surface area contributed by atoms with Crippen molar-refractivity contribution in [2.75, 3.05) is 0 Å². The topological polar surface area (TPSA) is 9.23 Å². The lowest BCUT2D eigenvalue weighted by atomic mass is 10.3. The molecule has 0 saturated heterocycles. The van der Waals surface area contributed by atoms with Crippen molar-refractivity contribution in [2.45, 2.75) is 6.92 Å². The Hall–Kier alpha value is -0.860. The second kappa shape index (κ2) is 4.40. The van der Waals surface area contributed by atoms with Crippen molar-refractivity contribution in [3.63, 3.8) is 0 Å². The Kier molecular flexibility index (Phi) is 3.46. The highest BCUT2D eigenvalue weighted by Crippen LogP contribution is 2.23. The molecule has 0 aromatic heterocycles. The number of para-hydroxylation sites is 1. The molecule has 0 unspecified atom stereocenters. The summed E-state index contributed by atoms with van der Waals surface area (Å²) in [6.45, 7) is 5.46. The Morgan fingerprint density at radius 1 is 1.46 bits per heavy atom. The first-order chi connectivity index (χ1) is 6.11. The molecule has 3 heteroatoms. The van der Waals surface area contributed by atoms with Crippen molar-refractivity contribution in [3.8, 4) is 5.75 Å². The molecule has 0 atom stereocenters. The Morgan fingerprint density at radius 2 is 2.08 bits per heavy atom. The molecule has 0 N–H and O–H groups in total. The maximum Gasteiger partial charge on any atom is 0.193 e. The first kappa shape index (κ1) is 10.2. The standard InChI is InChI=1S/C10H9ClOS/c1-7(2)10(13)12-9-6-4-3-5-8(9)11/h3-6H,1H2,2H3. The average molecular weight is 213 g/mol. The third-order valence-electron chi connectivity index (χ3n) is 1.39. The summed E-state index contributed by atoms with van der Waals surface area (Å²) in [6, 6.07) is 7.18. The number of hydrogen-bond donors (Lipinski definition) is 0. The van der Waals surface area contributed by atoms with Gasteiger partial charge in [-0.1, -0.05) is 30.3 Å². The summed E-state index contributed by atoms with van der Waals surface area (Å²) in [5, 5.41) is 0.916. The van der Waals surface area contributed by atoms with Crippen molar-refractivity contribution in [1.82, 2.24) is 0 Å². The van der Waals surface area contributed by atoms with Crippen molar-refractivity contribution < 1.29 is 4.74 Å². The SMILES string of the molecule is C=C(C)C(=S)Oc1ccccc1Cl.